The predicted molar refractivity (Wildman–Crippen MR) is 253 cm³/mol. The van der Waals surface area contributed by atoms with Crippen LogP contribution in [0.2, 0.25) is 0 Å². The van der Waals surface area contributed by atoms with Crippen LogP contribution >= 0.6 is 0 Å². The molecule has 0 amide bonds. The van der Waals surface area contributed by atoms with Gasteiger partial charge < -0.3 is 14.4 Å². The summed E-state index contributed by atoms with van der Waals surface area (Å²) in [6.45, 7) is -6.43. The van der Waals surface area contributed by atoms with Crippen LogP contribution in [0.15, 0.2) is 150 Å². The molecule has 0 aliphatic rings. The molecule has 0 aliphatic carbocycles. The van der Waals surface area contributed by atoms with Gasteiger partial charge >= 0.3 is 0 Å². The molecule has 1 radical (unpaired) electrons. The molecule has 3 heterocycles. The van der Waals surface area contributed by atoms with Gasteiger partial charge in [0.05, 0.1) is 5.58 Å². The van der Waals surface area contributed by atoms with Crippen LogP contribution in [0.5, 0.6) is 0 Å². The van der Waals surface area contributed by atoms with Crippen LogP contribution in [0.3, 0.4) is 0 Å². The Bertz CT molecular complexity index is 3730. The standard InChI is InChI=1S/C41H30NO.C16H18N.Ir/c1-24-12-16-31(25(2)18-24)29-15-17-32(26(3)19-29)36-21-39(42-23-27(36)4)35-11-7-10-34-38-20-30-14-13-28-8-5-6-9-33(28)37(30)22-40(38)43-41(34)35;1-12-5-7-13(8-6-12)15-10-9-14(11-17-15)16(2,3)4;/h5-10,12-23H,1-4H3;5-7,9-11H,1-4H3;/q2*-1;/i1D3,2D3,3D3,4D3;1D3;. The minimum Gasteiger partial charge on any atom is -0.501 e. The van der Waals surface area contributed by atoms with Crippen molar-refractivity contribution in [1.29, 1.82) is 0 Å². The van der Waals surface area contributed by atoms with Crippen molar-refractivity contribution in [2.75, 3.05) is 0 Å². The number of rotatable bonds is 4. The molecule has 3 aromatic heterocycles. The van der Waals surface area contributed by atoms with Crippen molar-refractivity contribution in [3.05, 3.63) is 191 Å². The first-order valence-corrected chi connectivity index (χ1v) is 19.5. The Morgan fingerprint density at radius 2 is 1.34 bits per heavy atom. The fraction of sp³-hybridized carbons (Fsp3) is 0.158. The van der Waals surface area contributed by atoms with Crippen molar-refractivity contribution in [2.45, 2.75) is 60.4 Å². The van der Waals surface area contributed by atoms with Crippen LogP contribution in [0.1, 0.15) is 74.7 Å². The van der Waals surface area contributed by atoms with E-state index in [9.17, 15) is 0 Å². The van der Waals surface area contributed by atoms with Crippen LogP contribution in [0.25, 0.3) is 88.3 Å². The summed E-state index contributed by atoms with van der Waals surface area (Å²) in [5.74, 6) is 0. The quantitative estimate of drug-likeness (QED) is 0.130. The fourth-order valence-electron chi connectivity index (χ4n) is 7.57. The molecular weight excluding hydrogens is 921 g/mol. The molecule has 10 aromatic rings. The van der Waals surface area contributed by atoms with Gasteiger partial charge in [-0.1, -0.05) is 135 Å². The van der Waals surface area contributed by atoms with Gasteiger partial charge in [0.1, 0.15) is 5.58 Å². The molecule has 0 unspecified atom stereocenters. The Hall–Kier alpha value is -6.19. The summed E-state index contributed by atoms with van der Waals surface area (Å²) < 4.78 is 127. The molecule has 0 aliphatic heterocycles. The first-order chi connectivity index (χ1) is 35.0. The number of nitrogens with zero attached hydrogens (tertiary/aromatic N) is 2. The molecule has 0 spiro atoms. The van der Waals surface area contributed by atoms with Crippen molar-refractivity contribution < 1.29 is 45.1 Å². The van der Waals surface area contributed by atoms with E-state index in [2.05, 4.69) is 73.2 Å². The summed E-state index contributed by atoms with van der Waals surface area (Å²) >= 11 is 0. The topological polar surface area (TPSA) is 38.9 Å². The van der Waals surface area contributed by atoms with Gasteiger partial charge in [-0.15, -0.1) is 53.6 Å². The van der Waals surface area contributed by atoms with Gasteiger partial charge in [0.25, 0.3) is 0 Å². The third kappa shape index (κ3) is 8.19. The van der Waals surface area contributed by atoms with Gasteiger partial charge in [0.2, 0.25) is 0 Å². The van der Waals surface area contributed by atoms with Crippen LogP contribution < -0.4 is 0 Å². The molecule has 0 N–H and O–H groups in total. The first-order valence-electron chi connectivity index (χ1n) is 27.0. The molecular formula is C57H48IrN2O-2. The van der Waals surface area contributed by atoms with Crippen molar-refractivity contribution in [2.24, 2.45) is 0 Å². The van der Waals surface area contributed by atoms with E-state index >= 15 is 0 Å². The van der Waals surface area contributed by atoms with E-state index in [0.29, 0.717) is 28.0 Å². The zero-order valence-electron chi connectivity index (χ0n) is 48.5. The Labute approximate surface area is 394 Å². The minimum absolute atomic E-state index is 0. The fourth-order valence-corrected chi connectivity index (χ4v) is 7.57. The Balaban J connectivity index is 0.000000307. The molecule has 10 rings (SSSR count). The number of furan rings is 1. The van der Waals surface area contributed by atoms with Crippen LogP contribution in [0, 0.1) is 46.4 Å². The molecule has 4 heteroatoms. The maximum absolute atomic E-state index is 8.51. The Kier molecular flexibility index (Phi) is 7.36. The van der Waals surface area contributed by atoms with Gasteiger partial charge in [0.15, 0.2) is 0 Å². The van der Waals surface area contributed by atoms with Crippen LogP contribution in [-0.2, 0) is 25.5 Å². The molecule has 3 nitrogen and oxygen atoms in total. The van der Waals surface area contributed by atoms with E-state index in [4.69, 9.17) is 25.0 Å². The Morgan fingerprint density at radius 1 is 0.557 bits per heavy atom. The summed E-state index contributed by atoms with van der Waals surface area (Å²) in [7, 11) is 0. The number of aromatic nitrogens is 2. The largest absolute Gasteiger partial charge is 0.501 e. The predicted octanol–water partition coefficient (Wildman–Crippen LogP) is 15.5. The smallest absolute Gasteiger partial charge is 0.121 e. The monoisotopic (exact) mass is 984 g/mol. The normalized spacial score (nSPS) is 16.1. The van der Waals surface area contributed by atoms with Gasteiger partial charge in [0, 0.05) is 58.4 Å². The van der Waals surface area contributed by atoms with Crippen LogP contribution in [0.4, 0.5) is 0 Å². The summed E-state index contributed by atoms with van der Waals surface area (Å²) in [5.41, 5.74) is 4.69. The molecule has 0 atom stereocenters. The minimum atomic E-state index is -2.78. The second-order valence-electron chi connectivity index (χ2n) is 15.9. The summed E-state index contributed by atoms with van der Waals surface area (Å²) in [6.07, 6.45) is 3.08. The van der Waals surface area contributed by atoms with E-state index in [1.165, 1.54) is 54.2 Å². The van der Waals surface area contributed by atoms with Crippen molar-refractivity contribution in [3.63, 3.8) is 0 Å². The van der Waals surface area contributed by atoms with Gasteiger partial charge in [-0.05, 0) is 122 Å². The maximum atomic E-state index is 8.51. The average molecular weight is 984 g/mol. The van der Waals surface area contributed by atoms with Gasteiger partial charge in [-0.2, -0.15) is 0 Å². The van der Waals surface area contributed by atoms with Crippen molar-refractivity contribution >= 4 is 43.5 Å². The molecule has 7 aromatic carbocycles. The molecule has 0 fully saturated rings. The van der Waals surface area contributed by atoms with Crippen molar-refractivity contribution in [3.8, 4) is 44.8 Å². The third-order valence-corrected chi connectivity index (χ3v) is 10.8. The maximum Gasteiger partial charge on any atom is 0.121 e. The van der Waals surface area contributed by atoms with Crippen molar-refractivity contribution in [1.82, 2.24) is 9.97 Å². The van der Waals surface area contributed by atoms with Gasteiger partial charge in [-0.3, -0.25) is 0 Å². The van der Waals surface area contributed by atoms with E-state index in [0.717, 1.165) is 49.6 Å². The average Bonchev–Trinajstić information content (AvgIpc) is 3.71. The number of hydrogen-bond acceptors (Lipinski definition) is 3. The molecule has 61 heavy (non-hydrogen) atoms. The number of pyridine rings is 2. The number of hydrogen-bond donors (Lipinski definition) is 0. The summed E-state index contributed by atoms with van der Waals surface area (Å²) in [4.78, 5) is 8.98. The molecule has 303 valence electrons. The van der Waals surface area contributed by atoms with Gasteiger partial charge in [-0.25, -0.2) is 0 Å². The third-order valence-electron chi connectivity index (χ3n) is 10.8. The van der Waals surface area contributed by atoms with E-state index in [-0.39, 0.29) is 70.0 Å². The van der Waals surface area contributed by atoms with E-state index in [1.54, 1.807) is 18.2 Å². The molecule has 0 bridgehead atoms. The van der Waals surface area contributed by atoms with E-state index in [1.807, 2.05) is 42.6 Å². The first kappa shape index (κ1) is 26.9. The number of benzene rings is 7. The zero-order chi connectivity index (χ0) is 54.2. The number of aryl methyl sites for hydroxylation is 5. The summed E-state index contributed by atoms with van der Waals surface area (Å²) in [5, 5.41) is 5.90. The summed E-state index contributed by atoms with van der Waals surface area (Å²) in [6, 6.07) is 44.5. The zero-order valence-corrected chi connectivity index (χ0v) is 35.9. The molecule has 0 saturated carbocycles. The van der Waals surface area contributed by atoms with E-state index < -0.39 is 34.3 Å². The Morgan fingerprint density at radius 3 is 2.11 bits per heavy atom. The van der Waals surface area contributed by atoms with Crippen LogP contribution in [-0.4, -0.2) is 9.97 Å². The molecule has 0 saturated heterocycles. The second-order valence-corrected chi connectivity index (χ2v) is 15.9. The SMILES string of the molecule is [2H]C([2H])([2H])c1c[c-]c(-c2ccc(C(C)(C)C)cn2)cc1.[2H]C([2H])([2H])c1ccc(-c2ccc(-c3cc(-c4[c-]ccc5c4oc4cc6c(ccc7ccccc76)cc45)ncc3C([2H])([2H])[2H])c(C([2H])([2H])[2H])c2)c(C([2H])([2H])[2H])c1.[Ir]. The number of fused-ring (bicyclic) bond motifs is 6. The second kappa shape index (κ2) is 16.7.